The number of nitrogens with one attached hydrogen (secondary N) is 1. The van der Waals surface area contributed by atoms with Gasteiger partial charge in [-0.2, -0.15) is 11.3 Å². The van der Waals surface area contributed by atoms with E-state index in [9.17, 15) is 14.3 Å². The topological polar surface area (TPSA) is 71.7 Å². The number of rotatable bonds is 6. The fraction of sp³-hybridized carbons (Fsp3) is 0.167. The van der Waals surface area contributed by atoms with E-state index in [-0.39, 0.29) is 17.9 Å². The first-order chi connectivity index (χ1) is 12.0. The van der Waals surface area contributed by atoms with E-state index in [2.05, 4.69) is 5.32 Å². The molecule has 0 fully saturated rings. The molecule has 0 radical (unpaired) electrons. The highest BCUT2D eigenvalue weighted by molar-refractivity contribution is 7.08. The zero-order valence-electron chi connectivity index (χ0n) is 13.4. The number of ether oxygens (including phenoxy) is 1. The molecule has 1 unspecified atom stereocenters. The molecule has 0 saturated heterocycles. The standard InChI is InChI=1S/C18H16FNO4S/c1-23-15-5-4-12(9-14(15)19)17(21)20-11-18(22,13-6-8-25-10-13)16-3-2-7-24-16/h2-10,22H,11H2,1H3,(H,20,21). The Kier molecular flexibility index (Phi) is 4.87. The van der Waals surface area contributed by atoms with Crippen LogP contribution < -0.4 is 10.1 Å². The lowest BCUT2D eigenvalue weighted by Crippen LogP contribution is -2.41. The Morgan fingerprint density at radius 2 is 2.24 bits per heavy atom. The van der Waals surface area contributed by atoms with Gasteiger partial charge < -0.3 is 19.6 Å². The normalized spacial score (nSPS) is 13.2. The van der Waals surface area contributed by atoms with E-state index in [4.69, 9.17) is 9.15 Å². The lowest BCUT2D eigenvalue weighted by Gasteiger charge is -2.25. The molecular formula is C18H16FNO4S. The molecule has 2 heterocycles. The number of amides is 1. The Morgan fingerprint density at radius 1 is 1.40 bits per heavy atom. The van der Waals surface area contributed by atoms with Gasteiger partial charge in [0.1, 0.15) is 5.76 Å². The van der Waals surface area contributed by atoms with Crippen molar-refractivity contribution in [3.8, 4) is 5.75 Å². The van der Waals surface area contributed by atoms with Gasteiger partial charge in [0, 0.05) is 11.1 Å². The Balaban J connectivity index is 1.80. The number of carbonyl (C=O) groups excluding carboxylic acids is 1. The average molecular weight is 361 g/mol. The average Bonchev–Trinajstić information content (AvgIpc) is 3.33. The van der Waals surface area contributed by atoms with E-state index in [0.717, 1.165) is 6.07 Å². The molecule has 0 spiro atoms. The molecule has 0 bridgehead atoms. The molecular weight excluding hydrogens is 345 g/mol. The number of hydrogen-bond acceptors (Lipinski definition) is 5. The summed E-state index contributed by atoms with van der Waals surface area (Å²) in [6.07, 6.45) is 1.45. The highest BCUT2D eigenvalue weighted by atomic mass is 32.1. The van der Waals surface area contributed by atoms with E-state index < -0.39 is 17.3 Å². The van der Waals surface area contributed by atoms with Crippen molar-refractivity contribution < 1.29 is 23.4 Å². The quantitative estimate of drug-likeness (QED) is 0.707. The smallest absolute Gasteiger partial charge is 0.251 e. The summed E-state index contributed by atoms with van der Waals surface area (Å²) in [5.41, 5.74) is -0.774. The molecule has 1 atom stereocenters. The molecule has 1 amide bonds. The number of halogens is 1. The number of furan rings is 1. The highest BCUT2D eigenvalue weighted by Gasteiger charge is 2.35. The van der Waals surface area contributed by atoms with Gasteiger partial charge in [-0.25, -0.2) is 4.39 Å². The minimum atomic E-state index is -1.51. The van der Waals surface area contributed by atoms with E-state index in [1.807, 2.05) is 5.38 Å². The molecule has 0 saturated carbocycles. The Hall–Kier alpha value is -2.64. The summed E-state index contributed by atoms with van der Waals surface area (Å²) >= 11 is 1.42. The molecule has 2 aromatic heterocycles. The molecule has 25 heavy (non-hydrogen) atoms. The predicted molar refractivity (Wildman–Crippen MR) is 91.3 cm³/mol. The van der Waals surface area contributed by atoms with Crippen molar-refractivity contribution in [2.75, 3.05) is 13.7 Å². The number of thiophene rings is 1. The van der Waals surface area contributed by atoms with Crippen LogP contribution in [0.25, 0.3) is 0 Å². The lowest BCUT2D eigenvalue weighted by atomic mass is 9.93. The number of methoxy groups -OCH3 is 1. The Bertz CT molecular complexity index is 812. The monoisotopic (exact) mass is 361 g/mol. The second kappa shape index (κ2) is 7.08. The summed E-state index contributed by atoms with van der Waals surface area (Å²) in [6.45, 7) is -0.121. The fourth-order valence-corrected chi connectivity index (χ4v) is 3.19. The van der Waals surface area contributed by atoms with Gasteiger partial charge in [-0.05, 0) is 47.2 Å². The maximum atomic E-state index is 13.8. The van der Waals surface area contributed by atoms with E-state index in [1.54, 1.807) is 23.6 Å². The summed E-state index contributed by atoms with van der Waals surface area (Å²) in [5.74, 6) is -0.773. The minimum Gasteiger partial charge on any atom is -0.494 e. The van der Waals surface area contributed by atoms with Crippen LogP contribution in [0.15, 0.2) is 57.8 Å². The van der Waals surface area contributed by atoms with Crippen molar-refractivity contribution in [1.29, 1.82) is 0 Å². The zero-order valence-corrected chi connectivity index (χ0v) is 14.2. The van der Waals surface area contributed by atoms with Gasteiger partial charge in [-0.15, -0.1) is 0 Å². The first kappa shape index (κ1) is 17.2. The molecule has 3 aromatic rings. The number of hydrogen-bond donors (Lipinski definition) is 2. The second-order valence-corrected chi connectivity index (χ2v) is 6.16. The van der Waals surface area contributed by atoms with Crippen LogP contribution in [-0.4, -0.2) is 24.7 Å². The summed E-state index contributed by atoms with van der Waals surface area (Å²) in [7, 11) is 1.35. The van der Waals surface area contributed by atoms with Crippen LogP contribution in [0.3, 0.4) is 0 Å². The molecule has 7 heteroatoms. The van der Waals surface area contributed by atoms with Crippen molar-refractivity contribution >= 4 is 17.2 Å². The van der Waals surface area contributed by atoms with Gasteiger partial charge in [0.25, 0.3) is 5.91 Å². The SMILES string of the molecule is COc1ccc(C(=O)NCC(O)(c2ccsc2)c2ccco2)cc1F. The third kappa shape index (κ3) is 3.42. The minimum absolute atomic E-state index is 0.0573. The first-order valence-electron chi connectivity index (χ1n) is 7.45. The van der Waals surface area contributed by atoms with Crippen LogP contribution in [0.1, 0.15) is 21.7 Å². The fourth-order valence-electron chi connectivity index (χ4n) is 2.46. The van der Waals surface area contributed by atoms with Crippen molar-refractivity contribution in [3.63, 3.8) is 0 Å². The van der Waals surface area contributed by atoms with Crippen LogP contribution in [0, 0.1) is 5.82 Å². The number of benzene rings is 1. The van der Waals surface area contributed by atoms with Crippen molar-refractivity contribution in [3.05, 3.63) is 76.1 Å². The number of aliphatic hydroxyl groups is 1. The van der Waals surface area contributed by atoms with Gasteiger partial charge in [-0.1, -0.05) is 0 Å². The van der Waals surface area contributed by atoms with E-state index in [0.29, 0.717) is 11.3 Å². The van der Waals surface area contributed by atoms with E-state index in [1.165, 1.54) is 36.8 Å². The second-order valence-electron chi connectivity index (χ2n) is 5.38. The van der Waals surface area contributed by atoms with Crippen LogP contribution in [0.2, 0.25) is 0 Å². The summed E-state index contributed by atoms with van der Waals surface area (Å²) in [5, 5.41) is 17.3. The molecule has 0 aliphatic rings. The van der Waals surface area contributed by atoms with Crippen LogP contribution in [-0.2, 0) is 5.60 Å². The largest absolute Gasteiger partial charge is 0.494 e. The maximum absolute atomic E-state index is 13.8. The summed E-state index contributed by atoms with van der Waals surface area (Å²) in [6, 6.07) is 8.97. The van der Waals surface area contributed by atoms with Crippen molar-refractivity contribution in [1.82, 2.24) is 5.32 Å². The van der Waals surface area contributed by atoms with Crippen LogP contribution >= 0.6 is 11.3 Å². The predicted octanol–water partition coefficient (Wildman–Crippen LogP) is 3.15. The Labute approximate surface area is 147 Å². The first-order valence-corrected chi connectivity index (χ1v) is 8.39. The zero-order chi connectivity index (χ0) is 17.9. The molecule has 2 N–H and O–H groups in total. The number of carbonyl (C=O) groups is 1. The van der Waals surface area contributed by atoms with Gasteiger partial charge in [0.2, 0.25) is 0 Å². The van der Waals surface area contributed by atoms with E-state index >= 15 is 0 Å². The maximum Gasteiger partial charge on any atom is 0.251 e. The molecule has 3 rings (SSSR count). The highest BCUT2D eigenvalue weighted by Crippen LogP contribution is 2.31. The molecule has 1 aromatic carbocycles. The van der Waals surface area contributed by atoms with Gasteiger partial charge in [-0.3, -0.25) is 4.79 Å². The Morgan fingerprint density at radius 3 is 2.84 bits per heavy atom. The van der Waals surface area contributed by atoms with Gasteiger partial charge in [0.05, 0.1) is 19.9 Å². The molecule has 0 aliphatic carbocycles. The summed E-state index contributed by atoms with van der Waals surface area (Å²) < 4.78 is 23.9. The lowest BCUT2D eigenvalue weighted by molar-refractivity contribution is 0.0528. The van der Waals surface area contributed by atoms with Crippen LogP contribution in [0.5, 0.6) is 5.75 Å². The van der Waals surface area contributed by atoms with Crippen molar-refractivity contribution in [2.24, 2.45) is 0 Å². The molecule has 5 nitrogen and oxygen atoms in total. The van der Waals surface area contributed by atoms with Gasteiger partial charge >= 0.3 is 0 Å². The summed E-state index contributed by atoms with van der Waals surface area (Å²) in [4.78, 5) is 12.3. The van der Waals surface area contributed by atoms with Crippen molar-refractivity contribution in [2.45, 2.75) is 5.60 Å². The van der Waals surface area contributed by atoms with Gasteiger partial charge in [0.15, 0.2) is 17.2 Å². The molecule has 0 aliphatic heterocycles. The van der Waals surface area contributed by atoms with Crippen LogP contribution in [0.4, 0.5) is 4.39 Å². The molecule has 130 valence electrons. The third-order valence-corrected chi connectivity index (χ3v) is 4.53. The third-order valence-electron chi connectivity index (χ3n) is 3.85.